The average molecular weight is 290 g/mol. The van der Waals surface area contributed by atoms with Gasteiger partial charge >= 0.3 is 12.0 Å². The Kier molecular flexibility index (Phi) is 6.42. The van der Waals surface area contributed by atoms with Gasteiger partial charge in [-0.25, -0.2) is 9.59 Å². The Balaban J connectivity index is 2.39. The first-order valence-electron chi connectivity index (χ1n) is 5.67. The number of nitrogens with one attached hydrogen (secondary N) is 1. The predicted molar refractivity (Wildman–Crippen MR) is 76.1 cm³/mol. The highest BCUT2D eigenvalue weighted by molar-refractivity contribution is 8.00. The molecular formula is C11H18N2O3S2. The first-order chi connectivity index (χ1) is 8.57. The Hall–Kier alpha value is -0.820. The van der Waals surface area contributed by atoms with E-state index in [0.29, 0.717) is 12.3 Å². The molecule has 0 saturated carbocycles. The van der Waals surface area contributed by atoms with Gasteiger partial charge in [0.25, 0.3) is 0 Å². The number of hydrogen-bond donors (Lipinski definition) is 2. The van der Waals surface area contributed by atoms with Crippen LogP contribution in [0.3, 0.4) is 0 Å². The molecule has 1 aliphatic rings. The highest BCUT2D eigenvalue weighted by atomic mass is 32.2. The summed E-state index contributed by atoms with van der Waals surface area (Å²) >= 11 is 3.16. The highest BCUT2D eigenvalue weighted by Crippen LogP contribution is 2.28. The zero-order chi connectivity index (χ0) is 13.5. The van der Waals surface area contributed by atoms with Gasteiger partial charge in [0.05, 0.1) is 5.37 Å². The van der Waals surface area contributed by atoms with Crippen molar-refractivity contribution >= 4 is 35.5 Å². The molecular weight excluding hydrogens is 272 g/mol. The molecule has 2 N–H and O–H groups in total. The lowest BCUT2D eigenvalue weighted by atomic mass is 10.3. The maximum Gasteiger partial charge on any atom is 0.327 e. The minimum absolute atomic E-state index is 0.0908. The number of carbonyl (C=O) groups is 2. The second-order valence-electron chi connectivity index (χ2n) is 3.79. The first kappa shape index (κ1) is 15.2. The molecule has 1 aliphatic heterocycles. The molecule has 0 radical (unpaired) electrons. The molecule has 0 aliphatic carbocycles. The number of amides is 2. The zero-order valence-corrected chi connectivity index (χ0v) is 11.9. The molecule has 0 aromatic rings. The van der Waals surface area contributed by atoms with Gasteiger partial charge in [0, 0.05) is 23.8 Å². The Morgan fingerprint density at radius 1 is 1.67 bits per heavy atom. The molecule has 7 heteroatoms. The molecule has 0 aromatic carbocycles. The van der Waals surface area contributed by atoms with Gasteiger partial charge in [-0.15, -0.1) is 18.3 Å². The monoisotopic (exact) mass is 290 g/mol. The lowest BCUT2D eigenvalue weighted by Crippen LogP contribution is -2.49. The second-order valence-corrected chi connectivity index (χ2v) is 6.29. The van der Waals surface area contributed by atoms with Crippen LogP contribution < -0.4 is 5.32 Å². The van der Waals surface area contributed by atoms with Crippen LogP contribution in [0.1, 0.15) is 6.92 Å². The number of nitrogens with zero attached hydrogens (tertiary/aromatic N) is 1. The standard InChI is InChI=1S/C11H18N2O3S2/c1-3-5-17-6-4-12-11(16)13-8(2)18-7-9(13)10(14)15/h3,8-9H,1,4-7H2,2H3,(H,12,16)(H,14,15). The van der Waals surface area contributed by atoms with Crippen LogP contribution in [0.25, 0.3) is 0 Å². The van der Waals surface area contributed by atoms with Gasteiger partial charge < -0.3 is 10.4 Å². The molecule has 1 rings (SSSR count). The zero-order valence-electron chi connectivity index (χ0n) is 10.3. The minimum Gasteiger partial charge on any atom is -0.480 e. The Morgan fingerprint density at radius 3 is 3.00 bits per heavy atom. The van der Waals surface area contributed by atoms with Crippen LogP contribution in [-0.4, -0.2) is 57.2 Å². The Bertz CT molecular complexity index is 325. The maximum atomic E-state index is 11.9. The lowest BCUT2D eigenvalue weighted by molar-refractivity contribution is -0.141. The smallest absolute Gasteiger partial charge is 0.327 e. The van der Waals surface area contributed by atoms with E-state index >= 15 is 0 Å². The summed E-state index contributed by atoms with van der Waals surface area (Å²) in [5.41, 5.74) is 0. The van der Waals surface area contributed by atoms with E-state index in [0.717, 1.165) is 11.5 Å². The number of carboxylic acids is 1. The maximum absolute atomic E-state index is 11.9. The van der Waals surface area contributed by atoms with Crippen molar-refractivity contribution in [3.63, 3.8) is 0 Å². The van der Waals surface area contributed by atoms with Gasteiger partial charge in [0.1, 0.15) is 6.04 Å². The first-order valence-corrected chi connectivity index (χ1v) is 7.87. The summed E-state index contributed by atoms with van der Waals surface area (Å²) < 4.78 is 0. The molecule has 2 amide bonds. The van der Waals surface area contributed by atoms with E-state index in [2.05, 4.69) is 11.9 Å². The summed E-state index contributed by atoms with van der Waals surface area (Å²) in [7, 11) is 0. The molecule has 0 aromatic heterocycles. The summed E-state index contributed by atoms with van der Waals surface area (Å²) in [5.74, 6) is 1.16. The van der Waals surface area contributed by atoms with Crippen molar-refractivity contribution in [2.75, 3.05) is 23.8 Å². The topological polar surface area (TPSA) is 69.6 Å². The number of carbonyl (C=O) groups excluding carboxylic acids is 1. The number of urea groups is 1. The number of hydrogen-bond acceptors (Lipinski definition) is 4. The number of rotatable bonds is 6. The number of thioether (sulfide) groups is 2. The van der Waals surface area contributed by atoms with Crippen molar-refractivity contribution in [2.45, 2.75) is 18.3 Å². The van der Waals surface area contributed by atoms with Crippen LogP contribution in [0.15, 0.2) is 12.7 Å². The average Bonchev–Trinajstić information content (AvgIpc) is 2.71. The van der Waals surface area contributed by atoms with Crippen LogP contribution >= 0.6 is 23.5 Å². The van der Waals surface area contributed by atoms with Gasteiger partial charge in [-0.1, -0.05) is 6.08 Å². The molecule has 0 spiro atoms. The van der Waals surface area contributed by atoms with E-state index in [9.17, 15) is 9.59 Å². The third-order valence-corrected chi connectivity index (χ3v) is 4.68. The van der Waals surface area contributed by atoms with Crippen LogP contribution in [0.5, 0.6) is 0 Å². The van der Waals surface area contributed by atoms with Gasteiger partial charge in [-0.3, -0.25) is 4.90 Å². The molecule has 102 valence electrons. The van der Waals surface area contributed by atoms with Crippen LogP contribution in [0.2, 0.25) is 0 Å². The number of aliphatic carboxylic acids is 1. The largest absolute Gasteiger partial charge is 0.480 e. The Morgan fingerprint density at radius 2 is 2.39 bits per heavy atom. The van der Waals surface area contributed by atoms with Gasteiger partial charge in [0.15, 0.2) is 0 Å². The van der Waals surface area contributed by atoms with E-state index in [-0.39, 0.29) is 11.4 Å². The highest BCUT2D eigenvalue weighted by Gasteiger charge is 2.39. The fraction of sp³-hybridized carbons (Fsp3) is 0.636. The lowest BCUT2D eigenvalue weighted by Gasteiger charge is -2.25. The van der Waals surface area contributed by atoms with Gasteiger partial charge in [-0.05, 0) is 6.92 Å². The summed E-state index contributed by atoms with van der Waals surface area (Å²) in [6.45, 7) is 6.00. The summed E-state index contributed by atoms with van der Waals surface area (Å²) in [6.07, 6.45) is 1.81. The third-order valence-electron chi connectivity index (χ3n) is 2.50. The fourth-order valence-electron chi connectivity index (χ4n) is 1.63. The van der Waals surface area contributed by atoms with E-state index in [1.54, 1.807) is 11.8 Å². The van der Waals surface area contributed by atoms with E-state index in [1.807, 2.05) is 13.0 Å². The normalized spacial score (nSPS) is 22.8. The second kappa shape index (κ2) is 7.58. The molecule has 0 bridgehead atoms. The van der Waals surface area contributed by atoms with E-state index in [4.69, 9.17) is 5.11 Å². The molecule has 5 nitrogen and oxygen atoms in total. The molecule has 18 heavy (non-hydrogen) atoms. The van der Waals surface area contributed by atoms with Crippen molar-refractivity contribution in [1.29, 1.82) is 0 Å². The number of carboxylic acid groups (broad SMARTS) is 1. The SMILES string of the molecule is C=CCSCCNC(=O)N1C(C)SCC1C(=O)O. The quantitative estimate of drug-likeness (QED) is 0.572. The summed E-state index contributed by atoms with van der Waals surface area (Å²) in [5, 5.41) is 11.7. The van der Waals surface area contributed by atoms with Gasteiger partial charge in [-0.2, -0.15) is 11.8 Å². The molecule has 1 heterocycles. The van der Waals surface area contributed by atoms with Crippen molar-refractivity contribution in [2.24, 2.45) is 0 Å². The van der Waals surface area contributed by atoms with Crippen molar-refractivity contribution < 1.29 is 14.7 Å². The predicted octanol–water partition coefficient (Wildman–Crippen LogP) is 1.46. The van der Waals surface area contributed by atoms with Crippen molar-refractivity contribution in [1.82, 2.24) is 10.2 Å². The minimum atomic E-state index is -0.942. The fourth-order valence-corrected chi connectivity index (χ4v) is 3.38. The molecule has 2 atom stereocenters. The third kappa shape index (κ3) is 4.13. The van der Waals surface area contributed by atoms with Crippen molar-refractivity contribution in [3.05, 3.63) is 12.7 Å². The molecule has 2 unspecified atom stereocenters. The van der Waals surface area contributed by atoms with E-state index in [1.165, 1.54) is 16.7 Å². The van der Waals surface area contributed by atoms with Gasteiger partial charge in [0.2, 0.25) is 0 Å². The van der Waals surface area contributed by atoms with Crippen LogP contribution in [0, 0.1) is 0 Å². The Labute approximate surface area is 115 Å². The van der Waals surface area contributed by atoms with Crippen molar-refractivity contribution in [3.8, 4) is 0 Å². The van der Waals surface area contributed by atoms with Crippen LogP contribution in [0.4, 0.5) is 4.79 Å². The summed E-state index contributed by atoms with van der Waals surface area (Å²) in [4.78, 5) is 24.3. The molecule has 1 saturated heterocycles. The van der Waals surface area contributed by atoms with Crippen LogP contribution in [-0.2, 0) is 4.79 Å². The van der Waals surface area contributed by atoms with E-state index < -0.39 is 12.0 Å². The summed E-state index contributed by atoms with van der Waals surface area (Å²) in [6, 6.07) is -1.01. The molecule has 1 fully saturated rings.